The molecule has 3 rings (SSSR count). The molecule has 0 aliphatic carbocycles. The van der Waals surface area contributed by atoms with Crippen LogP contribution in [0.2, 0.25) is 0 Å². The SMILES string of the molecule is O=C(NCc1ccccc1)O[C@@H]1COc2cc(Br)ccc2C1. The van der Waals surface area contributed by atoms with Crippen LogP contribution < -0.4 is 10.1 Å². The van der Waals surface area contributed by atoms with E-state index >= 15 is 0 Å². The van der Waals surface area contributed by atoms with Crippen molar-refractivity contribution in [3.8, 4) is 5.75 Å². The van der Waals surface area contributed by atoms with Gasteiger partial charge >= 0.3 is 6.09 Å². The number of halogens is 1. The fourth-order valence-electron chi connectivity index (χ4n) is 2.36. The van der Waals surface area contributed by atoms with Crippen molar-refractivity contribution in [2.24, 2.45) is 0 Å². The molecular weight excluding hydrogens is 346 g/mol. The first-order valence-corrected chi connectivity index (χ1v) is 7.89. The summed E-state index contributed by atoms with van der Waals surface area (Å²) >= 11 is 3.41. The molecule has 2 aromatic carbocycles. The molecule has 4 nitrogen and oxygen atoms in total. The van der Waals surface area contributed by atoms with E-state index in [0.717, 1.165) is 21.3 Å². The fraction of sp³-hybridized carbons (Fsp3) is 0.235. The zero-order chi connectivity index (χ0) is 15.4. The van der Waals surface area contributed by atoms with Crippen LogP contribution >= 0.6 is 15.9 Å². The highest BCUT2D eigenvalue weighted by molar-refractivity contribution is 9.10. The van der Waals surface area contributed by atoms with Gasteiger partial charge in [0.2, 0.25) is 0 Å². The van der Waals surface area contributed by atoms with E-state index in [9.17, 15) is 4.79 Å². The number of benzene rings is 2. The normalized spacial score (nSPS) is 16.3. The van der Waals surface area contributed by atoms with Gasteiger partial charge in [-0.2, -0.15) is 0 Å². The molecule has 0 aromatic heterocycles. The van der Waals surface area contributed by atoms with Crippen molar-refractivity contribution in [1.29, 1.82) is 0 Å². The molecule has 1 heterocycles. The van der Waals surface area contributed by atoms with Gasteiger partial charge in [-0.25, -0.2) is 4.79 Å². The molecule has 114 valence electrons. The first-order chi connectivity index (χ1) is 10.7. The summed E-state index contributed by atoms with van der Waals surface area (Å²) in [6, 6.07) is 15.6. The Labute approximate surface area is 137 Å². The minimum atomic E-state index is -0.419. The fourth-order valence-corrected chi connectivity index (χ4v) is 2.70. The minimum Gasteiger partial charge on any atom is -0.489 e. The quantitative estimate of drug-likeness (QED) is 0.906. The average molecular weight is 362 g/mol. The van der Waals surface area contributed by atoms with Gasteiger partial charge in [0.25, 0.3) is 0 Å². The zero-order valence-corrected chi connectivity index (χ0v) is 13.5. The van der Waals surface area contributed by atoms with Crippen molar-refractivity contribution in [3.05, 3.63) is 64.1 Å². The van der Waals surface area contributed by atoms with E-state index in [1.54, 1.807) is 0 Å². The second-order valence-corrected chi connectivity index (χ2v) is 6.05. The van der Waals surface area contributed by atoms with Crippen LogP contribution in [0.3, 0.4) is 0 Å². The highest BCUT2D eigenvalue weighted by Crippen LogP contribution is 2.28. The molecule has 5 heteroatoms. The molecular formula is C17H16BrNO3. The van der Waals surface area contributed by atoms with Crippen molar-refractivity contribution in [3.63, 3.8) is 0 Å². The maximum atomic E-state index is 11.9. The maximum absolute atomic E-state index is 11.9. The molecule has 1 aliphatic rings. The van der Waals surface area contributed by atoms with Crippen LogP contribution in [-0.4, -0.2) is 18.8 Å². The summed E-state index contributed by atoms with van der Waals surface area (Å²) in [5, 5.41) is 2.76. The summed E-state index contributed by atoms with van der Waals surface area (Å²) < 4.78 is 12.0. The van der Waals surface area contributed by atoms with Crippen LogP contribution in [0.4, 0.5) is 4.79 Å². The van der Waals surface area contributed by atoms with Gasteiger partial charge in [0.15, 0.2) is 0 Å². The molecule has 0 fully saturated rings. The van der Waals surface area contributed by atoms with Gasteiger partial charge in [0, 0.05) is 17.4 Å². The molecule has 0 radical (unpaired) electrons. The Kier molecular flexibility index (Phi) is 4.63. The Bertz CT molecular complexity index is 660. The van der Waals surface area contributed by atoms with Gasteiger partial charge < -0.3 is 14.8 Å². The molecule has 1 amide bonds. The van der Waals surface area contributed by atoms with E-state index in [4.69, 9.17) is 9.47 Å². The number of hydrogen-bond donors (Lipinski definition) is 1. The number of amides is 1. The van der Waals surface area contributed by atoms with Gasteiger partial charge in [0.05, 0.1) is 0 Å². The average Bonchev–Trinajstić information content (AvgIpc) is 2.54. The lowest BCUT2D eigenvalue weighted by Crippen LogP contribution is -2.35. The van der Waals surface area contributed by atoms with Gasteiger partial charge in [0.1, 0.15) is 18.5 Å². The standard InChI is InChI=1S/C17H16BrNO3/c18-14-7-6-13-8-15(11-21-16(13)9-14)22-17(20)19-10-12-4-2-1-3-5-12/h1-7,9,15H,8,10-11H2,(H,19,20)/t15-/m0/s1. The molecule has 1 N–H and O–H groups in total. The third-order valence-corrected chi connectivity index (χ3v) is 3.95. The van der Waals surface area contributed by atoms with Crippen molar-refractivity contribution in [2.45, 2.75) is 19.1 Å². The molecule has 0 saturated carbocycles. The number of fused-ring (bicyclic) bond motifs is 1. The van der Waals surface area contributed by atoms with E-state index in [1.807, 2.05) is 48.5 Å². The van der Waals surface area contributed by atoms with Crippen molar-refractivity contribution < 1.29 is 14.3 Å². The first kappa shape index (κ1) is 14.9. The molecule has 2 aromatic rings. The Morgan fingerprint density at radius 1 is 1.27 bits per heavy atom. The number of ether oxygens (including phenoxy) is 2. The lowest BCUT2D eigenvalue weighted by molar-refractivity contribution is 0.0554. The zero-order valence-electron chi connectivity index (χ0n) is 11.9. The molecule has 0 spiro atoms. The molecule has 0 saturated heterocycles. The highest BCUT2D eigenvalue weighted by Gasteiger charge is 2.23. The van der Waals surface area contributed by atoms with Gasteiger partial charge in [-0.1, -0.05) is 52.3 Å². The van der Waals surface area contributed by atoms with Crippen molar-refractivity contribution in [1.82, 2.24) is 5.32 Å². The number of nitrogens with one attached hydrogen (secondary N) is 1. The van der Waals surface area contributed by atoms with Crippen molar-refractivity contribution in [2.75, 3.05) is 6.61 Å². The van der Waals surface area contributed by atoms with Crippen LogP contribution in [-0.2, 0) is 17.7 Å². The number of rotatable bonds is 3. The predicted octanol–water partition coefficient (Wildman–Crippen LogP) is 3.68. The topological polar surface area (TPSA) is 47.6 Å². The minimum absolute atomic E-state index is 0.260. The van der Waals surface area contributed by atoms with Crippen LogP contribution in [0.5, 0.6) is 5.75 Å². The Balaban J connectivity index is 1.51. The van der Waals surface area contributed by atoms with Gasteiger partial charge in [-0.15, -0.1) is 0 Å². The lowest BCUT2D eigenvalue weighted by atomic mass is 10.0. The summed E-state index contributed by atoms with van der Waals surface area (Å²) in [5.74, 6) is 0.846. The van der Waals surface area contributed by atoms with Crippen LogP contribution in [0, 0.1) is 0 Å². The third-order valence-electron chi connectivity index (χ3n) is 3.45. The van der Waals surface area contributed by atoms with E-state index in [1.165, 1.54) is 0 Å². The van der Waals surface area contributed by atoms with Crippen molar-refractivity contribution >= 4 is 22.0 Å². The maximum Gasteiger partial charge on any atom is 0.407 e. The summed E-state index contributed by atoms with van der Waals surface area (Å²) in [5.41, 5.74) is 2.09. The largest absolute Gasteiger partial charge is 0.489 e. The van der Waals surface area contributed by atoms with Crippen LogP contribution in [0.15, 0.2) is 53.0 Å². The highest BCUT2D eigenvalue weighted by atomic mass is 79.9. The van der Waals surface area contributed by atoms with Crippen LogP contribution in [0.25, 0.3) is 0 Å². The summed E-state index contributed by atoms with van der Waals surface area (Å²) in [7, 11) is 0. The number of carbonyl (C=O) groups is 1. The molecule has 0 bridgehead atoms. The Hall–Kier alpha value is -2.01. The second-order valence-electron chi connectivity index (χ2n) is 5.13. The van der Waals surface area contributed by atoms with E-state index in [0.29, 0.717) is 19.6 Å². The Morgan fingerprint density at radius 3 is 2.91 bits per heavy atom. The number of alkyl carbamates (subject to hydrolysis) is 1. The monoisotopic (exact) mass is 361 g/mol. The summed E-state index contributed by atoms with van der Waals surface area (Å²) in [4.78, 5) is 11.9. The summed E-state index contributed by atoms with van der Waals surface area (Å²) in [6.07, 6.45) is -0.0102. The second kappa shape index (κ2) is 6.83. The lowest BCUT2D eigenvalue weighted by Gasteiger charge is -2.25. The van der Waals surface area contributed by atoms with E-state index < -0.39 is 6.09 Å². The van der Waals surface area contributed by atoms with Gasteiger partial charge in [-0.05, 0) is 23.3 Å². The molecule has 1 atom stereocenters. The summed E-state index contributed by atoms with van der Waals surface area (Å²) in [6.45, 7) is 0.832. The third kappa shape index (κ3) is 3.80. The molecule has 0 unspecified atom stereocenters. The van der Waals surface area contributed by atoms with E-state index in [2.05, 4.69) is 21.2 Å². The Morgan fingerprint density at radius 2 is 2.09 bits per heavy atom. The molecule has 1 aliphatic heterocycles. The smallest absolute Gasteiger partial charge is 0.407 e. The number of carbonyl (C=O) groups excluding carboxylic acids is 1. The van der Waals surface area contributed by atoms with E-state index in [-0.39, 0.29) is 6.10 Å². The number of hydrogen-bond acceptors (Lipinski definition) is 3. The predicted molar refractivity (Wildman–Crippen MR) is 86.9 cm³/mol. The first-order valence-electron chi connectivity index (χ1n) is 7.10. The van der Waals surface area contributed by atoms with Crippen LogP contribution in [0.1, 0.15) is 11.1 Å². The van der Waals surface area contributed by atoms with Gasteiger partial charge in [-0.3, -0.25) is 0 Å². The molecule has 22 heavy (non-hydrogen) atoms.